The number of anilines is 1. The molecule has 0 bridgehead atoms. The van der Waals surface area contributed by atoms with E-state index >= 15 is 0 Å². The Morgan fingerprint density at radius 3 is 2.11 bits per heavy atom. The summed E-state index contributed by atoms with van der Waals surface area (Å²) in [4.78, 5) is 48.9. The average molecular weight is 558 g/mol. The minimum absolute atomic E-state index is 0. The second kappa shape index (κ2) is 16.6. The highest BCUT2D eigenvalue weighted by molar-refractivity contribution is 6.09. The van der Waals surface area contributed by atoms with Gasteiger partial charge < -0.3 is 27.1 Å². The van der Waals surface area contributed by atoms with E-state index in [4.69, 9.17) is 0 Å². The van der Waals surface area contributed by atoms with Crippen molar-refractivity contribution in [1.82, 2.24) is 10.3 Å². The Hall–Kier alpha value is -3.16. The molecular formula is C24H40ClN7O6. The predicted molar refractivity (Wildman–Crippen MR) is 142 cm³/mol. The van der Waals surface area contributed by atoms with Gasteiger partial charge in [-0.3, -0.25) is 29.8 Å². The maximum Gasteiger partial charge on any atom is 0.299 e. The van der Waals surface area contributed by atoms with Gasteiger partial charge in [-0.1, -0.05) is 26.7 Å². The largest absolute Gasteiger partial charge is 1.00 e. The molecule has 0 heterocycles. The number of nitrogens with one attached hydrogen (secondary N) is 2. The number of nitro groups is 2. The molecule has 1 atom stereocenters. The normalized spacial score (nSPS) is 12.4. The molecule has 1 aromatic carbocycles. The number of quaternary nitrogens is 1. The van der Waals surface area contributed by atoms with Crippen molar-refractivity contribution in [3.05, 3.63) is 38.4 Å². The van der Waals surface area contributed by atoms with E-state index in [-0.39, 0.29) is 30.5 Å². The van der Waals surface area contributed by atoms with Gasteiger partial charge in [-0.25, -0.2) is 5.43 Å². The lowest BCUT2D eigenvalue weighted by Gasteiger charge is -2.27. The fraction of sp³-hybridized carbons (Fsp3) is 0.625. The number of halogens is 1. The molecule has 13 nitrogen and oxygen atoms in total. The fourth-order valence-electron chi connectivity index (χ4n) is 3.53. The van der Waals surface area contributed by atoms with E-state index in [1.807, 2.05) is 21.1 Å². The lowest BCUT2D eigenvalue weighted by molar-refractivity contribution is -0.862. The molecule has 0 saturated heterocycles. The lowest BCUT2D eigenvalue weighted by atomic mass is 10.0. The number of amides is 2. The standard InChI is InChI=1S/C24H39N7O6.ClH/c1-7-9-13-28(14-10-8-2)16-20(18(3)26-27-23(32)17-31(4,5)6)24(33)25-21-12-11-19(29(34)35)15-22(21)30(36)37;/h11-12,15,20H,7-10,13-14,16-17H2,1-6H3,(H-,25,27,32,33);1H/b26-18+;. The molecule has 1 unspecified atom stereocenters. The summed E-state index contributed by atoms with van der Waals surface area (Å²) in [6, 6.07) is 3.05. The van der Waals surface area contributed by atoms with E-state index in [0.29, 0.717) is 16.7 Å². The number of non-ortho nitro benzene ring substituents is 1. The summed E-state index contributed by atoms with van der Waals surface area (Å²) in [5, 5.41) is 29.3. The summed E-state index contributed by atoms with van der Waals surface area (Å²) in [5.74, 6) is -1.70. The van der Waals surface area contributed by atoms with E-state index in [1.54, 1.807) is 6.92 Å². The van der Waals surface area contributed by atoms with Crippen LogP contribution in [0.5, 0.6) is 0 Å². The first-order valence-electron chi connectivity index (χ1n) is 12.4. The zero-order valence-corrected chi connectivity index (χ0v) is 23.8. The molecule has 38 heavy (non-hydrogen) atoms. The van der Waals surface area contributed by atoms with Gasteiger partial charge in [-0.15, -0.1) is 0 Å². The van der Waals surface area contributed by atoms with Gasteiger partial charge in [0.05, 0.1) is 43.0 Å². The third-order valence-electron chi connectivity index (χ3n) is 5.54. The number of benzene rings is 1. The number of rotatable bonds is 16. The summed E-state index contributed by atoms with van der Waals surface area (Å²) in [5.41, 5.74) is 1.65. The maximum atomic E-state index is 13.4. The van der Waals surface area contributed by atoms with E-state index in [9.17, 15) is 29.8 Å². The Morgan fingerprint density at radius 1 is 1.05 bits per heavy atom. The molecule has 0 fully saturated rings. The highest BCUT2D eigenvalue weighted by Gasteiger charge is 2.28. The number of hydrogen-bond donors (Lipinski definition) is 2. The van der Waals surface area contributed by atoms with Crippen molar-refractivity contribution >= 4 is 34.6 Å². The van der Waals surface area contributed by atoms with Crippen LogP contribution in [0.2, 0.25) is 0 Å². The summed E-state index contributed by atoms with van der Waals surface area (Å²) in [6.45, 7) is 7.78. The van der Waals surface area contributed by atoms with Crippen LogP contribution in [0.1, 0.15) is 46.5 Å². The zero-order chi connectivity index (χ0) is 28.2. The first-order valence-corrected chi connectivity index (χ1v) is 12.4. The molecule has 2 amide bonds. The van der Waals surface area contributed by atoms with Crippen molar-refractivity contribution in [2.75, 3.05) is 52.6 Å². The number of hydrogen-bond acceptors (Lipinski definition) is 8. The van der Waals surface area contributed by atoms with Crippen molar-refractivity contribution in [3.8, 4) is 0 Å². The van der Waals surface area contributed by atoms with Crippen LogP contribution >= 0.6 is 0 Å². The molecule has 0 aromatic heterocycles. The van der Waals surface area contributed by atoms with Gasteiger partial charge in [-0.05, 0) is 38.9 Å². The van der Waals surface area contributed by atoms with Gasteiger partial charge in [0, 0.05) is 18.3 Å². The van der Waals surface area contributed by atoms with Gasteiger partial charge in [0.25, 0.3) is 17.3 Å². The highest BCUT2D eigenvalue weighted by Crippen LogP contribution is 2.29. The van der Waals surface area contributed by atoms with Gasteiger partial charge >= 0.3 is 0 Å². The summed E-state index contributed by atoms with van der Waals surface area (Å²) >= 11 is 0. The number of hydrazone groups is 1. The average Bonchev–Trinajstić information content (AvgIpc) is 2.80. The number of nitrogens with zero attached hydrogens (tertiary/aromatic N) is 5. The number of carbonyl (C=O) groups is 2. The van der Waals surface area contributed by atoms with Gasteiger partial charge in [-0.2, -0.15) is 5.10 Å². The van der Waals surface area contributed by atoms with Crippen molar-refractivity contribution < 1.29 is 36.3 Å². The lowest BCUT2D eigenvalue weighted by Crippen LogP contribution is -3.00. The van der Waals surface area contributed by atoms with Crippen molar-refractivity contribution in [3.63, 3.8) is 0 Å². The number of carbonyl (C=O) groups excluding carboxylic acids is 2. The molecule has 1 rings (SSSR count). The molecule has 1 aromatic rings. The molecular weight excluding hydrogens is 518 g/mol. The number of likely N-dealkylation sites (N-methyl/N-ethyl adjacent to an activating group) is 1. The Labute approximate surface area is 229 Å². The SMILES string of the molecule is CCCCN(CCCC)CC(C(=O)Nc1ccc([N+](=O)[O-])cc1[N+](=O)[O-])/C(C)=N/NC(=O)C[N+](C)(C)C.[Cl-]. The zero-order valence-electron chi connectivity index (χ0n) is 23.0. The van der Waals surface area contributed by atoms with E-state index < -0.39 is 33.0 Å². The van der Waals surface area contributed by atoms with E-state index in [2.05, 4.69) is 34.6 Å². The summed E-state index contributed by atoms with van der Waals surface area (Å²) in [6.07, 6.45) is 3.82. The second-order valence-corrected chi connectivity index (χ2v) is 10.0. The number of unbranched alkanes of at least 4 members (excludes halogenated alkanes) is 2. The predicted octanol–water partition coefficient (Wildman–Crippen LogP) is 0.162. The Balaban J connectivity index is 0.0000137. The molecule has 0 aliphatic carbocycles. The van der Waals surface area contributed by atoms with Crippen LogP contribution in [0, 0.1) is 26.1 Å². The molecule has 214 valence electrons. The van der Waals surface area contributed by atoms with Crippen molar-refractivity contribution in [2.24, 2.45) is 11.0 Å². The van der Waals surface area contributed by atoms with Crippen LogP contribution in [0.25, 0.3) is 0 Å². The minimum Gasteiger partial charge on any atom is -1.00 e. The Morgan fingerprint density at radius 2 is 1.63 bits per heavy atom. The van der Waals surface area contributed by atoms with Crippen LogP contribution in [0.15, 0.2) is 23.3 Å². The number of nitro benzene ring substituents is 2. The molecule has 0 aliphatic heterocycles. The molecule has 0 radical (unpaired) electrons. The van der Waals surface area contributed by atoms with Crippen molar-refractivity contribution in [2.45, 2.75) is 46.5 Å². The first-order chi connectivity index (χ1) is 17.3. The van der Waals surface area contributed by atoms with Crippen LogP contribution in [0.3, 0.4) is 0 Å². The van der Waals surface area contributed by atoms with Gasteiger partial charge in [0.15, 0.2) is 6.54 Å². The van der Waals surface area contributed by atoms with E-state index in [1.165, 1.54) is 0 Å². The minimum atomic E-state index is -0.826. The smallest absolute Gasteiger partial charge is 0.299 e. The van der Waals surface area contributed by atoms with E-state index in [0.717, 1.165) is 57.0 Å². The molecule has 14 heteroatoms. The summed E-state index contributed by atoms with van der Waals surface area (Å²) in [7, 11) is 5.59. The topological polar surface area (TPSA) is 160 Å². The van der Waals surface area contributed by atoms with Gasteiger partial charge in [0.1, 0.15) is 5.69 Å². The van der Waals surface area contributed by atoms with Crippen LogP contribution < -0.4 is 23.1 Å². The third-order valence-corrected chi connectivity index (χ3v) is 5.54. The van der Waals surface area contributed by atoms with Crippen LogP contribution in [-0.4, -0.2) is 84.1 Å². The van der Waals surface area contributed by atoms with Crippen LogP contribution in [0.4, 0.5) is 17.1 Å². The Kier molecular flexibility index (Phi) is 15.3. The molecule has 2 N–H and O–H groups in total. The summed E-state index contributed by atoms with van der Waals surface area (Å²) < 4.78 is 0.399. The fourth-order valence-corrected chi connectivity index (χ4v) is 3.53. The maximum absolute atomic E-state index is 13.4. The van der Waals surface area contributed by atoms with Crippen molar-refractivity contribution in [1.29, 1.82) is 0 Å². The first kappa shape index (κ1) is 34.8. The molecule has 0 saturated carbocycles. The monoisotopic (exact) mass is 557 g/mol. The Bertz CT molecular complexity index is 989. The highest BCUT2D eigenvalue weighted by atomic mass is 35.5. The van der Waals surface area contributed by atoms with Crippen LogP contribution in [-0.2, 0) is 9.59 Å². The third kappa shape index (κ3) is 12.4. The molecule has 0 aliphatic rings. The molecule has 0 spiro atoms. The van der Waals surface area contributed by atoms with Gasteiger partial charge in [0.2, 0.25) is 5.91 Å². The second-order valence-electron chi connectivity index (χ2n) is 10.0. The quantitative estimate of drug-likeness (QED) is 0.127.